The molecule has 0 amide bonds. The van der Waals surface area contributed by atoms with E-state index >= 15 is 0 Å². The Bertz CT molecular complexity index is 711. The summed E-state index contributed by atoms with van der Waals surface area (Å²) in [5, 5.41) is -0.715. The van der Waals surface area contributed by atoms with Crippen LogP contribution in [0.15, 0.2) is 0 Å². The Labute approximate surface area is 150 Å². The fourth-order valence-electron chi connectivity index (χ4n) is 3.28. The molecule has 0 radical (unpaired) electrons. The summed E-state index contributed by atoms with van der Waals surface area (Å²) in [7, 11) is 10.2. The van der Waals surface area contributed by atoms with Gasteiger partial charge in [-0.2, -0.15) is 0 Å². The molecule has 0 N–H and O–H groups in total. The van der Waals surface area contributed by atoms with Gasteiger partial charge in [0.1, 0.15) is 0 Å². The van der Waals surface area contributed by atoms with Gasteiger partial charge in [0, 0.05) is 0 Å². The van der Waals surface area contributed by atoms with Crippen LogP contribution in [0.3, 0.4) is 0 Å². The second kappa shape index (κ2) is 6.15. The van der Waals surface area contributed by atoms with Crippen molar-refractivity contribution >= 4 is 34.1 Å². The van der Waals surface area contributed by atoms with E-state index in [1.165, 1.54) is 0 Å². The molecule has 4 rings (SSSR count). The topological polar surface area (TPSA) is 37.4 Å². The van der Waals surface area contributed by atoms with Crippen molar-refractivity contribution in [2.75, 3.05) is 34.3 Å². The van der Waals surface area contributed by atoms with Crippen molar-refractivity contribution in [3.05, 3.63) is 16.7 Å². The Kier molecular flexibility index (Phi) is 4.30. The molecule has 1 atom stereocenters. The molecular formula is C14H18BIN3O3P. The Morgan fingerprint density at radius 1 is 0.826 bits per heavy atom. The SMILES string of the molecule is B#P(I)N1COc2c3c(c4c(c2C1)OCN(C)C4)OCN(C)C3. The number of rotatable bonds is 0. The predicted molar refractivity (Wildman–Crippen MR) is 98.1 cm³/mol. The first-order chi connectivity index (χ1) is 11.0. The number of hydrogen-bond acceptors (Lipinski definition) is 6. The van der Waals surface area contributed by atoms with Crippen LogP contribution >= 0.6 is 27.1 Å². The van der Waals surface area contributed by atoms with Gasteiger partial charge in [0.05, 0.1) is 0 Å². The molecule has 0 saturated heterocycles. The molecule has 9 heteroatoms. The predicted octanol–water partition coefficient (Wildman–Crippen LogP) is 2.23. The van der Waals surface area contributed by atoms with E-state index < -0.39 is 5.03 Å². The number of nitrogens with zero attached hydrogens (tertiary/aromatic N) is 3. The molecule has 0 saturated carbocycles. The second-order valence-corrected chi connectivity index (χ2v) is 10.3. The van der Waals surface area contributed by atoms with Crippen LogP contribution < -0.4 is 14.2 Å². The molecule has 23 heavy (non-hydrogen) atoms. The summed E-state index contributed by atoms with van der Waals surface area (Å²) in [6.45, 7) is 4.12. The summed E-state index contributed by atoms with van der Waals surface area (Å²) in [6, 6.07) is 0. The first-order valence-electron chi connectivity index (χ1n) is 7.46. The Morgan fingerprint density at radius 3 is 1.74 bits per heavy atom. The normalized spacial score (nSPS) is 22.2. The molecule has 3 aliphatic rings. The van der Waals surface area contributed by atoms with Gasteiger partial charge in [-0.1, -0.05) is 0 Å². The van der Waals surface area contributed by atoms with Crippen molar-refractivity contribution in [1.82, 2.24) is 14.5 Å². The molecule has 0 bridgehead atoms. The van der Waals surface area contributed by atoms with E-state index in [1.54, 1.807) is 0 Å². The van der Waals surface area contributed by atoms with E-state index in [9.17, 15) is 0 Å². The molecule has 0 spiro atoms. The minimum atomic E-state index is -0.715. The van der Waals surface area contributed by atoms with Crippen LogP contribution in [0.5, 0.6) is 17.2 Å². The average molecular weight is 445 g/mol. The Hall–Kier alpha value is -0.405. The Balaban J connectivity index is 1.88. The van der Waals surface area contributed by atoms with Crippen molar-refractivity contribution in [3.8, 4) is 17.2 Å². The summed E-state index contributed by atoms with van der Waals surface area (Å²) >= 11 is 2.27. The van der Waals surface area contributed by atoms with Gasteiger partial charge in [0.25, 0.3) is 0 Å². The van der Waals surface area contributed by atoms with Gasteiger partial charge in [-0.05, 0) is 0 Å². The van der Waals surface area contributed by atoms with E-state index in [0.29, 0.717) is 20.2 Å². The number of fused-ring (bicyclic) bond motifs is 6. The maximum absolute atomic E-state index is 6.10. The van der Waals surface area contributed by atoms with E-state index in [4.69, 9.17) is 21.2 Å². The molecule has 1 unspecified atom stereocenters. The number of benzene rings is 1. The zero-order valence-corrected chi connectivity index (χ0v) is 16.3. The van der Waals surface area contributed by atoms with Crippen molar-refractivity contribution in [1.29, 1.82) is 0 Å². The van der Waals surface area contributed by atoms with Crippen molar-refractivity contribution < 1.29 is 14.2 Å². The average Bonchev–Trinajstić information content (AvgIpc) is 2.54. The van der Waals surface area contributed by atoms with Crippen molar-refractivity contribution in [3.63, 3.8) is 0 Å². The molecule has 3 aliphatic heterocycles. The summed E-state index contributed by atoms with van der Waals surface area (Å²) < 4.78 is 20.3. The molecule has 0 aromatic heterocycles. The van der Waals surface area contributed by atoms with Crippen LogP contribution in [0.25, 0.3) is 0 Å². The third kappa shape index (κ3) is 2.78. The Morgan fingerprint density at radius 2 is 1.26 bits per heavy atom. The van der Waals surface area contributed by atoms with Crippen molar-refractivity contribution in [2.24, 2.45) is 0 Å². The van der Waals surface area contributed by atoms with Gasteiger partial charge < -0.3 is 0 Å². The van der Waals surface area contributed by atoms with Gasteiger partial charge >= 0.3 is 151 Å². The molecule has 6 nitrogen and oxygen atoms in total. The standard InChI is InChI=1S/C14H18BIN3O3P/c1-17-3-9-12-10(4-18(2)6-20-12)14-11(13(9)21-7-17)5-19(8-22-14)23(15)16/h3-8H2,1-2H3. The van der Waals surface area contributed by atoms with Crippen LogP contribution in [0.2, 0.25) is 0 Å². The fraction of sp³-hybridized carbons (Fsp3) is 0.571. The zero-order valence-electron chi connectivity index (χ0n) is 13.2. The molecule has 0 fully saturated rings. The van der Waals surface area contributed by atoms with E-state index in [0.717, 1.165) is 53.6 Å². The van der Waals surface area contributed by atoms with Gasteiger partial charge in [-0.25, -0.2) is 0 Å². The molecule has 122 valence electrons. The number of hydrogen-bond donors (Lipinski definition) is 0. The first-order valence-corrected chi connectivity index (χ1v) is 11.6. The molecule has 1 aromatic carbocycles. The van der Waals surface area contributed by atoms with E-state index in [2.05, 4.69) is 50.6 Å². The third-order valence-electron chi connectivity index (χ3n) is 4.33. The van der Waals surface area contributed by atoms with Gasteiger partial charge in [-0.15, -0.1) is 0 Å². The van der Waals surface area contributed by atoms with E-state index in [1.807, 2.05) is 0 Å². The van der Waals surface area contributed by atoms with Crippen molar-refractivity contribution in [2.45, 2.75) is 19.6 Å². The molecular weight excluding hydrogens is 427 g/mol. The molecule has 1 aromatic rings. The van der Waals surface area contributed by atoms with Crippen LogP contribution in [0, 0.1) is 0 Å². The van der Waals surface area contributed by atoms with Crippen LogP contribution in [-0.2, 0) is 19.6 Å². The minimum absolute atomic E-state index is 0.521. The maximum atomic E-state index is 6.10. The first kappa shape index (κ1) is 16.1. The number of ether oxygens (including phenoxy) is 3. The van der Waals surface area contributed by atoms with Crippen LogP contribution in [0.1, 0.15) is 16.7 Å². The molecule has 0 aliphatic carbocycles. The zero-order chi connectivity index (χ0) is 16.1. The van der Waals surface area contributed by atoms with Gasteiger partial charge in [0.2, 0.25) is 0 Å². The summed E-state index contributed by atoms with van der Waals surface area (Å²) in [4.78, 5) is 4.29. The summed E-state index contributed by atoms with van der Waals surface area (Å²) in [5.41, 5.74) is 3.40. The monoisotopic (exact) mass is 445 g/mol. The quantitative estimate of drug-likeness (QED) is 0.347. The van der Waals surface area contributed by atoms with Crippen LogP contribution in [0.4, 0.5) is 0 Å². The van der Waals surface area contributed by atoms with Crippen LogP contribution in [-0.4, -0.2) is 55.8 Å². The number of halogens is 1. The van der Waals surface area contributed by atoms with Gasteiger partial charge in [-0.3, -0.25) is 0 Å². The summed E-state index contributed by atoms with van der Waals surface area (Å²) in [5.74, 6) is 2.81. The van der Waals surface area contributed by atoms with E-state index in [-0.39, 0.29) is 0 Å². The fourth-order valence-corrected chi connectivity index (χ4v) is 4.56. The molecule has 3 heterocycles. The summed E-state index contributed by atoms with van der Waals surface area (Å²) in [6.07, 6.45) is 0. The third-order valence-corrected chi connectivity index (χ3v) is 6.96. The van der Waals surface area contributed by atoms with Gasteiger partial charge in [0.15, 0.2) is 0 Å². The second-order valence-electron chi connectivity index (χ2n) is 6.22.